The molecule has 0 amide bonds. The molecule has 8 heteroatoms. The van der Waals surface area contributed by atoms with Crippen LogP contribution in [0.2, 0.25) is 0 Å². The highest BCUT2D eigenvalue weighted by molar-refractivity contribution is 7.89. The second kappa shape index (κ2) is 5.91. The van der Waals surface area contributed by atoms with E-state index in [1.165, 1.54) is 12.1 Å². The van der Waals surface area contributed by atoms with Crippen LogP contribution in [0.3, 0.4) is 0 Å². The summed E-state index contributed by atoms with van der Waals surface area (Å²) in [5.41, 5.74) is 0.141. The summed E-state index contributed by atoms with van der Waals surface area (Å²) in [6, 6.07) is 13.9. The van der Waals surface area contributed by atoms with Gasteiger partial charge in [-0.25, -0.2) is 13.6 Å². The SMILES string of the molecule is NS(=O)(=O)c1ccc(O)c(/N=N/c2c(O)ccc3ccccc23)c1. The first kappa shape index (κ1) is 15.9. The molecule has 3 aromatic carbocycles. The number of nitrogens with two attached hydrogens (primary N) is 1. The third-order valence-electron chi connectivity index (χ3n) is 3.41. The molecule has 0 spiro atoms. The Morgan fingerprint density at radius 3 is 2.33 bits per heavy atom. The van der Waals surface area contributed by atoms with Crippen molar-refractivity contribution < 1.29 is 18.6 Å². The number of hydrogen-bond acceptors (Lipinski definition) is 6. The zero-order chi connectivity index (χ0) is 17.3. The Morgan fingerprint density at radius 2 is 1.58 bits per heavy atom. The Labute approximate surface area is 137 Å². The number of nitrogens with zero attached hydrogens (tertiary/aromatic N) is 2. The van der Waals surface area contributed by atoms with Crippen molar-refractivity contribution >= 4 is 32.2 Å². The minimum Gasteiger partial charge on any atom is -0.506 e. The number of phenols is 2. The maximum atomic E-state index is 11.4. The summed E-state index contributed by atoms with van der Waals surface area (Å²) >= 11 is 0. The Bertz CT molecular complexity index is 1060. The van der Waals surface area contributed by atoms with Crippen LogP contribution in [0.5, 0.6) is 11.5 Å². The summed E-state index contributed by atoms with van der Waals surface area (Å²) in [6.45, 7) is 0. The van der Waals surface area contributed by atoms with Crippen LogP contribution in [-0.4, -0.2) is 18.6 Å². The molecule has 7 nitrogen and oxygen atoms in total. The quantitative estimate of drug-likeness (QED) is 0.631. The smallest absolute Gasteiger partial charge is 0.238 e. The highest BCUT2D eigenvalue weighted by Gasteiger charge is 2.12. The maximum Gasteiger partial charge on any atom is 0.238 e. The van der Waals surface area contributed by atoms with Crippen molar-refractivity contribution in [2.45, 2.75) is 4.90 Å². The van der Waals surface area contributed by atoms with Crippen LogP contribution < -0.4 is 5.14 Å². The number of phenolic OH excluding ortho intramolecular Hbond substituents is 2. The number of primary sulfonamides is 1. The van der Waals surface area contributed by atoms with E-state index >= 15 is 0 Å². The second-order valence-corrected chi connectivity index (χ2v) is 6.61. The van der Waals surface area contributed by atoms with Gasteiger partial charge < -0.3 is 10.2 Å². The predicted octanol–water partition coefficient (Wildman–Crippen LogP) is 3.31. The summed E-state index contributed by atoms with van der Waals surface area (Å²) < 4.78 is 22.8. The Hall–Kier alpha value is -2.97. The fourth-order valence-corrected chi connectivity index (χ4v) is 2.75. The highest BCUT2D eigenvalue weighted by Crippen LogP contribution is 2.37. The Morgan fingerprint density at radius 1 is 0.875 bits per heavy atom. The molecule has 0 unspecified atom stereocenters. The van der Waals surface area contributed by atoms with Crippen molar-refractivity contribution in [2.24, 2.45) is 15.4 Å². The van der Waals surface area contributed by atoms with Crippen LogP contribution in [0.4, 0.5) is 11.4 Å². The third-order valence-corrected chi connectivity index (χ3v) is 4.32. The van der Waals surface area contributed by atoms with Crippen molar-refractivity contribution in [1.82, 2.24) is 0 Å². The van der Waals surface area contributed by atoms with Crippen LogP contribution in [-0.2, 0) is 10.0 Å². The van der Waals surface area contributed by atoms with Gasteiger partial charge in [0.2, 0.25) is 10.0 Å². The molecule has 0 atom stereocenters. The first-order chi connectivity index (χ1) is 11.4. The van der Waals surface area contributed by atoms with E-state index in [1.54, 1.807) is 18.2 Å². The summed E-state index contributed by atoms with van der Waals surface area (Å²) in [5.74, 6) is -0.342. The molecule has 0 saturated heterocycles. The average Bonchev–Trinajstić information content (AvgIpc) is 2.54. The molecule has 3 rings (SSSR count). The van der Waals surface area contributed by atoms with Crippen molar-refractivity contribution in [1.29, 1.82) is 0 Å². The average molecular weight is 343 g/mol. The minimum absolute atomic E-state index is 0.0751. The van der Waals surface area contributed by atoms with Gasteiger partial charge in [-0.1, -0.05) is 30.3 Å². The molecule has 3 aromatic rings. The number of rotatable bonds is 3. The number of aromatic hydroxyl groups is 2. The lowest BCUT2D eigenvalue weighted by molar-refractivity contribution is 0.474. The molecular formula is C16H13N3O4S. The fraction of sp³-hybridized carbons (Fsp3) is 0. The van der Waals surface area contributed by atoms with E-state index in [0.717, 1.165) is 17.5 Å². The second-order valence-electron chi connectivity index (χ2n) is 5.05. The number of sulfonamides is 1. The first-order valence-electron chi connectivity index (χ1n) is 6.84. The summed E-state index contributed by atoms with van der Waals surface area (Å²) in [4.78, 5) is -0.198. The fourth-order valence-electron chi connectivity index (χ4n) is 2.21. The van der Waals surface area contributed by atoms with Crippen LogP contribution >= 0.6 is 0 Å². The lowest BCUT2D eigenvalue weighted by Gasteiger charge is -2.04. The number of hydrogen-bond donors (Lipinski definition) is 3. The Kier molecular flexibility index (Phi) is 3.92. The molecule has 0 radical (unpaired) electrons. The van der Waals surface area contributed by atoms with E-state index in [0.29, 0.717) is 5.39 Å². The van der Waals surface area contributed by atoms with Gasteiger partial charge >= 0.3 is 0 Å². The normalized spacial score (nSPS) is 12.0. The highest BCUT2D eigenvalue weighted by atomic mass is 32.2. The molecule has 0 saturated carbocycles. The number of azo groups is 1. The van der Waals surface area contributed by atoms with E-state index in [2.05, 4.69) is 10.2 Å². The lowest BCUT2D eigenvalue weighted by atomic mass is 10.1. The largest absolute Gasteiger partial charge is 0.506 e. The molecule has 0 aromatic heterocycles. The van der Waals surface area contributed by atoms with E-state index in [9.17, 15) is 18.6 Å². The third kappa shape index (κ3) is 3.05. The number of benzene rings is 3. The van der Waals surface area contributed by atoms with Crippen molar-refractivity contribution in [3.05, 3.63) is 54.6 Å². The van der Waals surface area contributed by atoms with Gasteiger partial charge in [-0.05, 0) is 29.7 Å². The molecular weight excluding hydrogens is 330 g/mol. The van der Waals surface area contributed by atoms with Gasteiger partial charge in [0.15, 0.2) is 0 Å². The molecule has 0 aliphatic rings. The van der Waals surface area contributed by atoms with Crippen molar-refractivity contribution in [3.63, 3.8) is 0 Å². The lowest BCUT2D eigenvalue weighted by Crippen LogP contribution is -2.11. The van der Waals surface area contributed by atoms with Crippen LogP contribution in [0, 0.1) is 0 Å². The van der Waals surface area contributed by atoms with Crippen molar-refractivity contribution in [3.8, 4) is 11.5 Å². The van der Waals surface area contributed by atoms with Gasteiger partial charge in [-0.15, -0.1) is 10.2 Å². The molecule has 24 heavy (non-hydrogen) atoms. The minimum atomic E-state index is -3.93. The van der Waals surface area contributed by atoms with Crippen molar-refractivity contribution in [2.75, 3.05) is 0 Å². The maximum absolute atomic E-state index is 11.4. The molecule has 0 heterocycles. The van der Waals surface area contributed by atoms with Gasteiger partial charge in [0.25, 0.3) is 0 Å². The zero-order valence-corrected chi connectivity index (χ0v) is 13.1. The predicted molar refractivity (Wildman–Crippen MR) is 89.3 cm³/mol. The standard InChI is InChI=1S/C16H13N3O4S/c17-24(22,23)11-6-8-14(20)13(9-11)18-19-16-12-4-2-1-3-10(12)5-7-15(16)21/h1-9,20-21H,(H2,17,22,23)/b19-18+. The van der Waals surface area contributed by atoms with Gasteiger partial charge in [0.05, 0.1) is 4.90 Å². The Balaban J connectivity index is 2.11. The van der Waals surface area contributed by atoms with E-state index in [4.69, 9.17) is 5.14 Å². The molecule has 0 aliphatic heterocycles. The molecule has 4 N–H and O–H groups in total. The van der Waals surface area contributed by atoms with E-state index in [1.807, 2.05) is 12.1 Å². The molecule has 0 aliphatic carbocycles. The molecule has 0 bridgehead atoms. The summed E-state index contributed by atoms with van der Waals surface area (Å²) in [6.07, 6.45) is 0. The molecule has 0 fully saturated rings. The number of fused-ring (bicyclic) bond motifs is 1. The van der Waals surface area contributed by atoms with Gasteiger partial charge in [-0.3, -0.25) is 0 Å². The van der Waals surface area contributed by atoms with E-state index in [-0.39, 0.29) is 27.8 Å². The summed E-state index contributed by atoms with van der Waals surface area (Å²) in [7, 11) is -3.93. The van der Waals surface area contributed by atoms with Gasteiger partial charge in [-0.2, -0.15) is 0 Å². The van der Waals surface area contributed by atoms with E-state index < -0.39 is 10.0 Å². The van der Waals surface area contributed by atoms with Crippen LogP contribution in [0.15, 0.2) is 69.7 Å². The molecule has 122 valence electrons. The van der Waals surface area contributed by atoms with Crippen LogP contribution in [0.1, 0.15) is 0 Å². The van der Waals surface area contributed by atoms with Gasteiger partial charge in [0.1, 0.15) is 22.9 Å². The summed E-state index contributed by atoms with van der Waals surface area (Å²) in [5, 5.41) is 34.2. The van der Waals surface area contributed by atoms with Crippen LogP contribution in [0.25, 0.3) is 10.8 Å². The monoisotopic (exact) mass is 343 g/mol. The van der Waals surface area contributed by atoms with Gasteiger partial charge in [0, 0.05) is 5.39 Å². The zero-order valence-electron chi connectivity index (χ0n) is 12.3. The topological polar surface area (TPSA) is 125 Å². The first-order valence-corrected chi connectivity index (χ1v) is 8.39.